The van der Waals surface area contributed by atoms with E-state index in [1.165, 1.54) is 37.2 Å². The minimum absolute atomic E-state index is 0.0898. The molecular weight excluding hydrogens is 382 g/mol. The van der Waals surface area contributed by atoms with E-state index in [-0.39, 0.29) is 23.1 Å². The molecule has 2 aromatic rings. The molecule has 0 fully saturated rings. The quantitative estimate of drug-likeness (QED) is 0.311. The Bertz CT molecular complexity index is 736. The lowest BCUT2D eigenvalue weighted by molar-refractivity contribution is 0.0932. The Kier molecular flexibility index (Phi) is 7.69. The van der Waals surface area contributed by atoms with Crippen LogP contribution in [0.5, 0.6) is 5.88 Å². The standard InChI is InChI=1S/C20H26BrNO3/c1-15(23)22-17-12-9-8-11-16(17)19(20(22)25)18(24)13-7-5-3-2-4-6-10-14-21/h8-9,11-12,25H,2-7,10,13-14H2,1H3. The largest absolute Gasteiger partial charge is 0.494 e. The van der Waals surface area contributed by atoms with E-state index in [2.05, 4.69) is 15.9 Å². The summed E-state index contributed by atoms with van der Waals surface area (Å²) < 4.78 is 1.21. The van der Waals surface area contributed by atoms with Crippen molar-refractivity contribution in [1.29, 1.82) is 0 Å². The molecule has 0 saturated heterocycles. The Labute approximate surface area is 157 Å². The number of Topliss-reactive ketones (excluding diaryl/α,β-unsaturated/α-hetero) is 1. The van der Waals surface area contributed by atoms with E-state index >= 15 is 0 Å². The number of benzene rings is 1. The van der Waals surface area contributed by atoms with Crippen molar-refractivity contribution in [3.05, 3.63) is 29.8 Å². The van der Waals surface area contributed by atoms with Crippen LogP contribution in [0.15, 0.2) is 24.3 Å². The fourth-order valence-corrected chi connectivity index (χ4v) is 3.61. The van der Waals surface area contributed by atoms with Crippen LogP contribution >= 0.6 is 15.9 Å². The molecule has 0 aliphatic rings. The van der Waals surface area contributed by atoms with Crippen molar-refractivity contribution in [2.45, 2.75) is 58.3 Å². The summed E-state index contributed by atoms with van der Waals surface area (Å²) in [5.41, 5.74) is 0.866. The van der Waals surface area contributed by atoms with Crippen molar-refractivity contribution >= 4 is 38.5 Å². The number of aromatic nitrogens is 1. The van der Waals surface area contributed by atoms with Gasteiger partial charge in [-0.2, -0.15) is 0 Å². The van der Waals surface area contributed by atoms with Gasteiger partial charge >= 0.3 is 0 Å². The van der Waals surface area contributed by atoms with E-state index in [1.54, 1.807) is 18.2 Å². The number of hydrogen-bond acceptors (Lipinski definition) is 3. The Hall–Kier alpha value is -1.62. The fourth-order valence-electron chi connectivity index (χ4n) is 3.21. The minimum atomic E-state index is -0.295. The number of fused-ring (bicyclic) bond motifs is 1. The van der Waals surface area contributed by atoms with Crippen molar-refractivity contribution in [2.75, 3.05) is 5.33 Å². The molecule has 1 aromatic heterocycles. The summed E-state index contributed by atoms with van der Waals surface area (Å²) in [5, 5.41) is 12.1. The third kappa shape index (κ3) is 4.94. The van der Waals surface area contributed by atoms with Crippen molar-refractivity contribution in [2.24, 2.45) is 0 Å². The van der Waals surface area contributed by atoms with Gasteiger partial charge in [-0.25, -0.2) is 0 Å². The monoisotopic (exact) mass is 407 g/mol. The van der Waals surface area contributed by atoms with E-state index < -0.39 is 0 Å². The molecule has 5 heteroatoms. The van der Waals surface area contributed by atoms with Gasteiger partial charge in [-0.3, -0.25) is 14.2 Å². The SMILES string of the molecule is CC(=O)n1c(O)c(C(=O)CCCCCCCCCBr)c2ccccc21. The molecule has 0 aliphatic heterocycles. The molecule has 0 unspecified atom stereocenters. The van der Waals surface area contributed by atoms with Gasteiger partial charge in [0.15, 0.2) is 5.78 Å². The zero-order valence-corrected chi connectivity index (χ0v) is 16.3. The van der Waals surface area contributed by atoms with E-state index in [1.807, 2.05) is 6.07 Å². The number of para-hydroxylation sites is 1. The van der Waals surface area contributed by atoms with Crippen LogP contribution in [0.4, 0.5) is 0 Å². The first-order chi connectivity index (χ1) is 12.1. The predicted molar refractivity (Wildman–Crippen MR) is 105 cm³/mol. The molecule has 1 heterocycles. The summed E-state index contributed by atoms with van der Waals surface area (Å²) in [4.78, 5) is 24.4. The molecule has 0 spiro atoms. The first-order valence-electron chi connectivity index (χ1n) is 9.00. The molecule has 25 heavy (non-hydrogen) atoms. The van der Waals surface area contributed by atoms with Gasteiger partial charge in [0.2, 0.25) is 11.8 Å². The molecule has 2 rings (SSSR count). The van der Waals surface area contributed by atoms with Gasteiger partial charge in [-0.15, -0.1) is 0 Å². The number of halogens is 1. The van der Waals surface area contributed by atoms with Gasteiger partial charge in [0.25, 0.3) is 0 Å². The van der Waals surface area contributed by atoms with Gasteiger partial charge in [-0.05, 0) is 18.9 Å². The molecule has 1 aromatic carbocycles. The summed E-state index contributed by atoms with van der Waals surface area (Å²) in [5.74, 6) is -0.613. The van der Waals surface area contributed by atoms with E-state index in [4.69, 9.17) is 0 Å². The number of alkyl halides is 1. The highest BCUT2D eigenvalue weighted by atomic mass is 79.9. The summed E-state index contributed by atoms with van der Waals surface area (Å²) in [6.07, 6.45) is 8.29. The second-order valence-corrected chi connectivity index (χ2v) is 7.20. The summed E-state index contributed by atoms with van der Waals surface area (Å²) in [6.45, 7) is 1.38. The van der Waals surface area contributed by atoms with Gasteiger partial charge < -0.3 is 5.11 Å². The lowest BCUT2D eigenvalue weighted by atomic mass is 10.0. The molecule has 0 aliphatic carbocycles. The van der Waals surface area contributed by atoms with E-state index in [0.29, 0.717) is 17.3 Å². The molecule has 0 amide bonds. The van der Waals surface area contributed by atoms with Crippen LogP contribution in [-0.2, 0) is 0 Å². The lowest BCUT2D eigenvalue weighted by Gasteiger charge is -2.03. The number of carbonyl (C=O) groups excluding carboxylic acids is 2. The lowest BCUT2D eigenvalue weighted by Crippen LogP contribution is -2.05. The molecule has 0 saturated carbocycles. The summed E-state index contributed by atoms with van der Waals surface area (Å²) in [7, 11) is 0. The minimum Gasteiger partial charge on any atom is -0.494 e. The third-order valence-corrected chi connectivity index (χ3v) is 5.04. The number of aromatic hydroxyl groups is 1. The van der Waals surface area contributed by atoms with Crippen LogP contribution in [0.1, 0.15) is 73.4 Å². The highest BCUT2D eigenvalue weighted by molar-refractivity contribution is 9.09. The maximum absolute atomic E-state index is 12.6. The van der Waals surface area contributed by atoms with Crippen LogP contribution in [0, 0.1) is 0 Å². The normalized spacial score (nSPS) is 11.1. The highest BCUT2D eigenvalue weighted by Crippen LogP contribution is 2.32. The number of nitrogens with zero attached hydrogens (tertiary/aromatic N) is 1. The van der Waals surface area contributed by atoms with Crippen LogP contribution in [-0.4, -0.2) is 26.7 Å². The van der Waals surface area contributed by atoms with Gasteiger partial charge in [0.1, 0.15) is 0 Å². The zero-order chi connectivity index (χ0) is 18.2. The smallest absolute Gasteiger partial charge is 0.230 e. The molecule has 0 atom stereocenters. The van der Waals surface area contributed by atoms with Gasteiger partial charge in [-0.1, -0.05) is 66.2 Å². The average Bonchev–Trinajstić information content (AvgIpc) is 2.89. The van der Waals surface area contributed by atoms with Crippen molar-refractivity contribution < 1.29 is 14.7 Å². The maximum Gasteiger partial charge on any atom is 0.230 e. The van der Waals surface area contributed by atoms with Gasteiger partial charge in [0.05, 0.1) is 11.1 Å². The second kappa shape index (κ2) is 9.76. The molecule has 0 radical (unpaired) electrons. The van der Waals surface area contributed by atoms with E-state index in [0.717, 1.165) is 24.6 Å². The Morgan fingerprint density at radius 2 is 1.60 bits per heavy atom. The second-order valence-electron chi connectivity index (χ2n) is 6.41. The van der Waals surface area contributed by atoms with Crippen molar-refractivity contribution in [3.8, 4) is 5.88 Å². The number of hydrogen-bond donors (Lipinski definition) is 1. The van der Waals surface area contributed by atoms with Crippen molar-refractivity contribution in [3.63, 3.8) is 0 Å². The molecule has 4 nitrogen and oxygen atoms in total. The number of rotatable bonds is 10. The molecule has 1 N–H and O–H groups in total. The maximum atomic E-state index is 12.6. The predicted octanol–water partition coefficient (Wildman–Crippen LogP) is 5.71. The first-order valence-corrected chi connectivity index (χ1v) is 10.1. The number of carbonyl (C=O) groups is 2. The summed E-state index contributed by atoms with van der Waals surface area (Å²) in [6, 6.07) is 7.15. The van der Waals surface area contributed by atoms with Gasteiger partial charge in [0, 0.05) is 24.1 Å². The fraction of sp³-hybridized carbons (Fsp3) is 0.500. The highest BCUT2D eigenvalue weighted by Gasteiger charge is 2.23. The van der Waals surface area contributed by atoms with E-state index in [9.17, 15) is 14.7 Å². The molecular formula is C20H26BrNO3. The summed E-state index contributed by atoms with van der Waals surface area (Å²) >= 11 is 3.43. The zero-order valence-electron chi connectivity index (χ0n) is 14.8. The Morgan fingerprint density at radius 1 is 1.00 bits per heavy atom. The Balaban J connectivity index is 1.96. The van der Waals surface area contributed by atoms with Crippen molar-refractivity contribution in [1.82, 2.24) is 4.57 Å². The topological polar surface area (TPSA) is 59.3 Å². The van der Waals surface area contributed by atoms with Crippen LogP contribution in [0.3, 0.4) is 0 Å². The number of unbranched alkanes of at least 4 members (excludes halogenated alkanes) is 6. The average molecular weight is 408 g/mol. The van der Waals surface area contributed by atoms with Crippen LogP contribution < -0.4 is 0 Å². The Morgan fingerprint density at radius 3 is 2.24 bits per heavy atom. The molecule has 136 valence electrons. The molecule has 0 bridgehead atoms. The van der Waals surface area contributed by atoms with Crippen LogP contribution in [0.25, 0.3) is 10.9 Å². The third-order valence-electron chi connectivity index (χ3n) is 4.48. The number of ketones is 1. The first kappa shape index (κ1) is 19.7. The van der Waals surface area contributed by atoms with Crippen LogP contribution in [0.2, 0.25) is 0 Å².